The number of benzene rings is 2. The SMILES string of the molecule is O=C(c1cccc(Br)c1)c1ccc2c(c1)C(=O)NCCC2. The molecule has 106 valence electrons. The first-order valence-electron chi connectivity index (χ1n) is 6.86. The van der Waals surface area contributed by atoms with Crippen LogP contribution >= 0.6 is 15.9 Å². The summed E-state index contributed by atoms with van der Waals surface area (Å²) in [4.78, 5) is 24.6. The standard InChI is InChI=1S/C17H14BrNO2/c18-14-5-1-3-12(9-14)16(20)13-7-6-11-4-2-8-19-17(21)15(11)10-13/h1,3,5-7,9-10H,2,4,8H2,(H,19,21). The molecule has 0 fully saturated rings. The minimum Gasteiger partial charge on any atom is -0.352 e. The van der Waals surface area contributed by atoms with Gasteiger partial charge in [0.25, 0.3) is 5.91 Å². The van der Waals surface area contributed by atoms with Crippen molar-refractivity contribution in [3.05, 3.63) is 69.2 Å². The largest absolute Gasteiger partial charge is 0.352 e. The fourth-order valence-electron chi connectivity index (χ4n) is 2.52. The number of hydrogen-bond donors (Lipinski definition) is 1. The topological polar surface area (TPSA) is 46.2 Å². The second kappa shape index (κ2) is 5.82. The van der Waals surface area contributed by atoms with Crippen molar-refractivity contribution >= 4 is 27.6 Å². The van der Waals surface area contributed by atoms with Crippen molar-refractivity contribution in [2.24, 2.45) is 0 Å². The van der Waals surface area contributed by atoms with Gasteiger partial charge in [-0.3, -0.25) is 9.59 Å². The van der Waals surface area contributed by atoms with E-state index in [0.717, 1.165) is 22.9 Å². The molecule has 1 amide bonds. The van der Waals surface area contributed by atoms with Gasteiger partial charge in [0, 0.05) is 27.7 Å². The summed E-state index contributed by atoms with van der Waals surface area (Å²) in [6, 6.07) is 12.7. The van der Waals surface area contributed by atoms with Crippen LogP contribution < -0.4 is 5.32 Å². The molecule has 0 aliphatic carbocycles. The van der Waals surface area contributed by atoms with Gasteiger partial charge in [-0.2, -0.15) is 0 Å². The molecule has 1 aliphatic rings. The normalized spacial score (nSPS) is 14.0. The lowest BCUT2D eigenvalue weighted by Crippen LogP contribution is -2.22. The maximum absolute atomic E-state index is 12.5. The molecule has 0 saturated carbocycles. The minimum atomic E-state index is -0.0913. The van der Waals surface area contributed by atoms with E-state index in [9.17, 15) is 9.59 Å². The average molecular weight is 344 g/mol. The van der Waals surface area contributed by atoms with Gasteiger partial charge in [-0.15, -0.1) is 0 Å². The number of nitrogens with one attached hydrogen (secondary N) is 1. The monoisotopic (exact) mass is 343 g/mol. The number of amides is 1. The molecular weight excluding hydrogens is 330 g/mol. The fourth-order valence-corrected chi connectivity index (χ4v) is 2.92. The predicted octanol–water partition coefficient (Wildman–Crippen LogP) is 3.36. The lowest BCUT2D eigenvalue weighted by Gasteiger charge is -2.08. The van der Waals surface area contributed by atoms with Gasteiger partial charge in [0.1, 0.15) is 0 Å². The van der Waals surface area contributed by atoms with Crippen molar-refractivity contribution < 1.29 is 9.59 Å². The third-order valence-corrected chi connectivity index (χ3v) is 4.11. The van der Waals surface area contributed by atoms with Crippen LogP contribution in [0.1, 0.15) is 38.3 Å². The summed E-state index contributed by atoms with van der Waals surface area (Å²) in [6.45, 7) is 0.683. The molecule has 1 N–H and O–H groups in total. The quantitative estimate of drug-likeness (QED) is 0.850. The Labute approximate surface area is 131 Å². The molecule has 1 aliphatic heterocycles. The first-order chi connectivity index (χ1) is 10.1. The predicted molar refractivity (Wildman–Crippen MR) is 84.7 cm³/mol. The Bertz CT molecular complexity index is 724. The molecule has 2 aromatic rings. The van der Waals surface area contributed by atoms with E-state index in [4.69, 9.17) is 0 Å². The molecule has 0 radical (unpaired) electrons. The fraction of sp³-hybridized carbons (Fsp3) is 0.176. The molecular formula is C17H14BrNO2. The summed E-state index contributed by atoms with van der Waals surface area (Å²) in [6.07, 6.45) is 1.79. The highest BCUT2D eigenvalue weighted by molar-refractivity contribution is 9.10. The van der Waals surface area contributed by atoms with Crippen molar-refractivity contribution in [3.8, 4) is 0 Å². The Hall–Kier alpha value is -1.94. The van der Waals surface area contributed by atoms with Crippen molar-refractivity contribution in [2.45, 2.75) is 12.8 Å². The second-order valence-electron chi connectivity index (χ2n) is 5.07. The first-order valence-corrected chi connectivity index (χ1v) is 7.66. The molecule has 0 saturated heterocycles. The number of ketones is 1. The number of fused-ring (bicyclic) bond motifs is 1. The smallest absolute Gasteiger partial charge is 0.251 e. The highest BCUT2D eigenvalue weighted by Gasteiger charge is 2.18. The Kier molecular flexibility index (Phi) is 3.88. The summed E-state index contributed by atoms with van der Waals surface area (Å²) in [5, 5.41) is 2.86. The lowest BCUT2D eigenvalue weighted by molar-refractivity contribution is 0.0956. The van der Waals surface area contributed by atoms with Crippen molar-refractivity contribution in [1.29, 1.82) is 0 Å². The highest BCUT2D eigenvalue weighted by Crippen LogP contribution is 2.20. The first kappa shape index (κ1) is 14.0. The van der Waals surface area contributed by atoms with Crippen molar-refractivity contribution in [1.82, 2.24) is 5.32 Å². The molecule has 0 bridgehead atoms. The van der Waals surface area contributed by atoms with E-state index in [1.807, 2.05) is 18.2 Å². The summed E-state index contributed by atoms with van der Waals surface area (Å²) >= 11 is 3.37. The zero-order chi connectivity index (χ0) is 14.8. The number of rotatable bonds is 2. The average Bonchev–Trinajstić information content (AvgIpc) is 2.68. The van der Waals surface area contributed by atoms with Crippen LogP contribution in [0.15, 0.2) is 46.9 Å². The third kappa shape index (κ3) is 2.90. The number of hydrogen-bond acceptors (Lipinski definition) is 2. The zero-order valence-corrected chi connectivity index (χ0v) is 12.9. The van der Waals surface area contributed by atoms with Crippen LogP contribution in [0.3, 0.4) is 0 Å². The van der Waals surface area contributed by atoms with Gasteiger partial charge < -0.3 is 5.32 Å². The van der Waals surface area contributed by atoms with E-state index >= 15 is 0 Å². The van der Waals surface area contributed by atoms with Gasteiger partial charge in [0.2, 0.25) is 0 Å². The van der Waals surface area contributed by atoms with Gasteiger partial charge in [0.15, 0.2) is 5.78 Å². The van der Waals surface area contributed by atoms with E-state index in [0.29, 0.717) is 23.2 Å². The molecule has 1 heterocycles. The molecule has 2 aromatic carbocycles. The van der Waals surface area contributed by atoms with E-state index in [1.54, 1.807) is 24.3 Å². The van der Waals surface area contributed by atoms with Gasteiger partial charge in [0.05, 0.1) is 0 Å². The summed E-state index contributed by atoms with van der Waals surface area (Å²) in [7, 11) is 0. The van der Waals surface area contributed by atoms with Crippen LogP contribution in [0.25, 0.3) is 0 Å². The molecule has 0 unspecified atom stereocenters. The zero-order valence-electron chi connectivity index (χ0n) is 11.4. The molecule has 0 atom stereocenters. The Morgan fingerprint density at radius 2 is 1.90 bits per heavy atom. The van der Waals surface area contributed by atoms with Crippen molar-refractivity contribution in [3.63, 3.8) is 0 Å². The van der Waals surface area contributed by atoms with E-state index in [1.165, 1.54) is 0 Å². The molecule has 3 nitrogen and oxygen atoms in total. The summed E-state index contributed by atoms with van der Waals surface area (Å²) in [5.41, 5.74) is 2.78. The molecule has 3 rings (SSSR count). The van der Waals surface area contributed by atoms with Crippen LogP contribution in [-0.2, 0) is 6.42 Å². The number of aryl methyl sites for hydroxylation is 1. The summed E-state index contributed by atoms with van der Waals surface area (Å²) < 4.78 is 0.862. The summed E-state index contributed by atoms with van der Waals surface area (Å²) in [5.74, 6) is -0.164. The van der Waals surface area contributed by atoms with Crippen LogP contribution in [0.2, 0.25) is 0 Å². The van der Waals surface area contributed by atoms with Crippen molar-refractivity contribution in [2.75, 3.05) is 6.54 Å². The van der Waals surface area contributed by atoms with E-state index in [2.05, 4.69) is 21.2 Å². The van der Waals surface area contributed by atoms with Crippen LogP contribution in [0.5, 0.6) is 0 Å². The second-order valence-corrected chi connectivity index (χ2v) is 5.99. The van der Waals surface area contributed by atoms with Gasteiger partial charge in [-0.05, 0) is 36.6 Å². The third-order valence-electron chi connectivity index (χ3n) is 3.61. The molecule has 0 aromatic heterocycles. The van der Waals surface area contributed by atoms with E-state index < -0.39 is 0 Å². The van der Waals surface area contributed by atoms with Gasteiger partial charge >= 0.3 is 0 Å². The number of carbonyl (C=O) groups is 2. The molecule has 4 heteroatoms. The Morgan fingerprint density at radius 3 is 2.71 bits per heavy atom. The maximum Gasteiger partial charge on any atom is 0.251 e. The van der Waals surface area contributed by atoms with Gasteiger partial charge in [-0.25, -0.2) is 0 Å². The van der Waals surface area contributed by atoms with Crippen LogP contribution in [-0.4, -0.2) is 18.2 Å². The number of halogens is 1. The number of carbonyl (C=O) groups excluding carboxylic acids is 2. The van der Waals surface area contributed by atoms with Crippen LogP contribution in [0.4, 0.5) is 0 Å². The lowest BCUT2D eigenvalue weighted by atomic mass is 9.96. The Balaban J connectivity index is 2.00. The maximum atomic E-state index is 12.5. The molecule has 0 spiro atoms. The van der Waals surface area contributed by atoms with Gasteiger partial charge in [-0.1, -0.05) is 40.2 Å². The Morgan fingerprint density at radius 1 is 1.10 bits per heavy atom. The molecule has 21 heavy (non-hydrogen) atoms. The minimum absolute atomic E-state index is 0.0730. The van der Waals surface area contributed by atoms with Crippen LogP contribution in [0, 0.1) is 0 Å². The highest BCUT2D eigenvalue weighted by atomic mass is 79.9. The van der Waals surface area contributed by atoms with E-state index in [-0.39, 0.29) is 11.7 Å².